The SMILES string of the molecule is C=CCn1ccc2c(Cl)cccc21. The van der Waals surface area contributed by atoms with Crippen molar-refractivity contribution in [2.45, 2.75) is 6.54 Å². The van der Waals surface area contributed by atoms with Gasteiger partial charge < -0.3 is 4.57 Å². The summed E-state index contributed by atoms with van der Waals surface area (Å²) in [5.74, 6) is 0. The Morgan fingerprint density at radius 1 is 1.38 bits per heavy atom. The first-order valence-corrected chi connectivity index (χ1v) is 4.55. The minimum absolute atomic E-state index is 0.806. The van der Waals surface area contributed by atoms with Crippen LogP contribution in [0.4, 0.5) is 0 Å². The molecular weight excluding hydrogens is 182 g/mol. The lowest BCUT2D eigenvalue weighted by molar-refractivity contribution is 0.865. The van der Waals surface area contributed by atoms with Gasteiger partial charge in [0.1, 0.15) is 0 Å². The van der Waals surface area contributed by atoms with E-state index in [2.05, 4.69) is 17.2 Å². The summed E-state index contributed by atoms with van der Waals surface area (Å²) in [4.78, 5) is 0. The Hall–Kier alpha value is -1.21. The van der Waals surface area contributed by atoms with Crippen LogP contribution in [0.5, 0.6) is 0 Å². The first-order chi connectivity index (χ1) is 6.33. The summed E-state index contributed by atoms with van der Waals surface area (Å²) in [5, 5.41) is 1.91. The maximum atomic E-state index is 6.03. The molecule has 1 aromatic heterocycles. The first kappa shape index (κ1) is 8.39. The topological polar surface area (TPSA) is 4.93 Å². The molecular formula is C11H10ClN. The third kappa shape index (κ3) is 1.36. The van der Waals surface area contributed by atoms with E-state index in [0.717, 1.165) is 22.5 Å². The van der Waals surface area contributed by atoms with E-state index < -0.39 is 0 Å². The summed E-state index contributed by atoms with van der Waals surface area (Å²) in [6.45, 7) is 4.53. The molecule has 0 unspecified atom stereocenters. The quantitative estimate of drug-likeness (QED) is 0.641. The highest BCUT2D eigenvalue weighted by Crippen LogP contribution is 2.23. The van der Waals surface area contributed by atoms with Gasteiger partial charge in [-0.25, -0.2) is 0 Å². The van der Waals surface area contributed by atoms with Crippen molar-refractivity contribution < 1.29 is 0 Å². The zero-order chi connectivity index (χ0) is 9.26. The molecule has 0 fully saturated rings. The molecule has 1 aromatic carbocycles. The lowest BCUT2D eigenvalue weighted by Gasteiger charge is -2.00. The Bertz CT molecular complexity index is 442. The molecule has 0 spiro atoms. The summed E-state index contributed by atoms with van der Waals surface area (Å²) < 4.78 is 2.12. The van der Waals surface area contributed by atoms with Gasteiger partial charge in [0.2, 0.25) is 0 Å². The lowest BCUT2D eigenvalue weighted by Crippen LogP contribution is -1.90. The van der Waals surface area contributed by atoms with Crippen molar-refractivity contribution in [3.8, 4) is 0 Å². The van der Waals surface area contributed by atoms with Crippen molar-refractivity contribution in [3.63, 3.8) is 0 Å². The van der Waals surface area contributed by atoms with E-state index in [9.17, 15) is 0 Å². The number of benzene rings is 1. The van der Waals surface area contributed by atoms with Crippen LogP contribution in [0.1, 0.15) is 0 Å². The number of allylic oxidation sites excluding steroid dienone is 1. The fourth-order valence-electron chi connectivity index (χ4n) is 1.48. The molecule has 0 bridgehead atoms. The van der Waals surface area contributed by atoms with Crippen LogP contribution in [0.3, 0.4) is 0 Å². The Morgan fingerprint density at radius 3 is 3.00 bits per heavy atom. The molecule has 0 aliphatic rings. The predicted molar refractivity (Wildman–Crippen MR) is 57.1 cm³/mol. The van der Waals surface area contributed by atoms with E-state index >= 15 is 0 Å². The molecule has 0 saturated carbocycles. The molecule has 0 aliphatic heterocycles. The van der Waals surface area contributed by atoms with E-state index in [0.29, 0.717) is 0 Å². The Kier molecular flexibility index (Phi) is 2.11. The van der Waals surface area contributed by atoms with Crippen molar-refractivity contribution in [3.05, 3.63) is 48.1 Å². The van der Waals surface area contributed by atoms with Gasteiger partial charge in [-0.1, -0.05) is 23.7 Å². The molecule has 2 heteroatoms. The van der Waals surface area contributed by atoms with Gasteiger partial charge in [0, 0.05) is 28.7 Å². The smallest absolute Gasteiger partial charge is 0.0499 e. The molecule has 1 heterocycles. The summed E-state index contributed by atoms with van der Waals surface area (Å²) >= 11 is 6.03. The van der Waals surface area contributed by atoms with Crippen LogP contribution < -0.4 is 0 Å². The molecule has 13 heavy (non-hydrogen) atoms. The number of hydrogen-bond acceptors (Lipinski definition) is 0. The minimum Gasteiger partial charge on any atom is -0.344 e. The van der Waals surface area contributed by atoms with E-state index in [1.54, 1.807) is 0 Å². The zero-order valence-electron chi connectivity index (χ0n) is 7.20. The van der Waals surface area contributed by atoms with Gasteiger partial charge in [-0.3, -0.25) is 0 Å². The molecule has 2 aromatic rings. The van der Waals surface area contributed by atoms with E-state index in [4.69, 9.17) is 11.6 Å². The number of aromatic nitrogens is 1. The zero-order valence-corrected chi connectivity index (χ0v) is 7.96. The standard InChI is InChI=1S/C11H10ClN/c1-2-7-13-8-6-9-10(12)4-3-5-11(9)13/h2-6,8H,1,7H2. The molecule has 0 saturated heterocycles. The van der Waals surface area contributed by atoms with E-state index in [1.165, 1.54) is 0 Å². The summed E-state index contributed by atoms with van der Waals surface area (Å²) in [7, 11) is 0. The fourth-order valence-corrected chi connectivity index (χ4v) is 1.72. The van der Waals surface area contributed by atoms with Crippen LogP contribution in [0.25, 0.3) is 10.9 Å². The van der Waals surface area contributed by atoms with Gasteiger partial charge >= 0.3 is 0 Å². The highest BCUT2D eigenvalue weighted by Gasteiger charge is 2.01. The van der Waals surface area contributed by atoms with E-state index in [-0.39, 0.29) is 0 Å². The van der Waals surface area contributed by atoms with Gasteiger partial charge in [0.25, 0.3) is 0 Å². The van der Waals surface area contributed by atoms with Crippen molar-refractivity contribution in [1.82, 2.24) is 4.57 Å². The maximum absolute atomic E-state index is 6.03. The van der Waals surface area contributed by atoms with Gasteiger partial charge in [-0.15, -0.1) is 6.58 Å². The van der Waals surface area contributed by atoms with Crippen LogP contribution in [0.15, 0.2) is 43.1 Å². The number of fused-ring (bicyclic) bond motifs is 1. The summed E-state index contributed by atoms with van der Waals surface area (Å²) in [5.41, 5.74) is 1.16. The minimum atomic E-state index is 0.806. The lowest BCUT2D eigenvalue weighted by atomic mass is 10.2. The predicted octanol–water partition coefficient (Wildman–Crippen LogP) is 3.48. The highest BCUT2D eigenvalue weighted by atomic mass is 35.5. The first-order valence-electron chi connectivity index (χ1n) is 4.17. The Labute approximate surface area is 82.2 Å². The fraction of sp³-hybridized carbons (Fsp3) is 0.0909. The van der Waals surface area contributed by atoms with Crippen molar-refractivity contribution in [2.75, 3.05) is 0 Å². The van der Waals surface area contributed by atoms with Crippen LogP contribution in [0.2, 0.25) is 5.02 Å². The molecule has 66 valence electrons. The number of nitrogens with zero attached hydrogens (tertiary/aromatic N) is 1. The summed E-state index contributed by atoms with van der Waals surface area (Å²) in [6.07, 6.45) is 3.90. The number of halogens is 1. The second-order valence-corrected chi connectivity index (χ2v) is 3.34. The Morgan fingerprint density at radius 2 is 2.23 bits per heavy atom. The molecule has 2 rings (SSSR count). The monoisotopic (exact) mass is 191 g/mol. The number of rotatable bonds is 2. The molecule has 0 N–H and O–H groups in total. The second-order valence-electron chi connectivity index (χ2n) is 2.93. The van der Waals surface area contributed by atoms with Gasteiger partial charge in [0.05, 0.1) is 0 Å². The second kappa shape index (κ2) is 3.27. The maximum Gasteiger partial charge on any atom is 0.0499 e. The van der Waals surface area contributed by atoms with E-state index in [1.807, 2.05) is 30.5 Å². The van der Waals surface area contributed by atoms with Crippen LogP contribution >= 0.6 is 11.6 Å². The normalized spacial score (nSPS) is 10.5. The van der Waals surface area contributed by atoms with Gasteiger partial charge in [-0.05, 0) is 18.2 Å². The number of hydrogen-bond donors (Lipinski definition) is 0. The molecule has 0 aliphatic carbocycles. The third-order valence-corrected chi connectivity index (χ3v) is 2.42. The average Bonchev–Trinajstić information content (AvgIpc) is 2.51. The van der Waals surface area contributed by atoms with Crippen LogP contribution in [-0.2, 0) is 6.54 Å². The Balaban J connectivity index is 2.67. The molecule has 0 atom stereocenters. The highest BCUT2D eigenvalue weighted by molar-refractivity contribution is 6.35. The van der Waals surface area contributed by atoms with Crippen molar-refractivity contribution in [1.29, 1.82) is 0 Å². The van der Waals surface area contributed by atoms with Crippen molar-refractivity contribution in [2.24, 2.45) is 0 Å². The molecule has 0 radical (unpaired) electrons. The van der Waals surface area contributed by atoms with Gasteiger partial charge in [-0.2, -0.15) is 0 Å². The molecule has 0 amide bonds. The largest absolute Gasteiger partial charge is 0.344 e. The van der Waals surface area contributed by atoms with Crippen LogP contribution in [-0.4, -0.2) is 4.57 Å². The summed E-state index contributed by atoms with van der Waals surface area (Å²) in [6, 6.07) is 7.96. The van der Waals surface area contributed by atoms with Crippen LogP contribution in [0, 0.1) is 0 Å². The molecule has 1 nitrogen and oxygen atoms in total. The average molecular weight is 192 g/mol. The third-order valence-electron chi connectivity index (χ3n) is 2.09. The van der Waals surface area contributed by atoms with Gasteiger partial charge in [0.15, 0.2) is 0 Å². The van der Waals surface area contributed by atoms with Crippen molar-refractivity contribution >= 4 is 22.5 Å².